The van der Waals surface area contributed by atoms with E-state index in [1.807, 2.05) is 13.1 Å². The number of halogens is 3. The molecule has 1 aromatic carbocycles. The minimum absolute atomic E-state index is 0.149. The van der Waals surface area contributed by atoms with E-state index >= 15 is 0 Å². The number of rotatable bonds is 2. The van der Waals surface area contributed by atoms with Gasteiger partial charge < -0.3 is 0 Å². The lowest BCUT2D eigenvalue weighted by molar-refractivity contribution is 0.584. The van der Waals surface area contributed by atoms with Crippen molar-refractivity contribution in [3.8, 4) is 0 Å². The van der Waals surface area contributed by atoms with E-state index in [2.05, 4.69) is 27.7 Å². The molecule has 2 rings (SSSR count). The summed E-state index contributed by atoms with van der Waals surface area (Å²) in [6.45, 7) is 2.37. The summed E-state index contributed by atoms with van der Waals surface area (Å²) >= 11 is 7.86. The summed E-state index contributed by atoms with van der Waals surface area (Å²) in [5.41, 5.74) is 1.63. The third-order valence-corrected chi connectivity index (χ3v) is 3.61. The molecule has 0 saturated heterocycles. The summed E-state index contributed by atoms with van der Waals surface area (Å²) in [6, 6.07) is 4.99. The number of aromatic nitrogens is 2. The first kappa shape index (κ1) is 11.9. The Balaban J connectivity index is 2.30. The number of aryl methyl sites for hydroxylation is 1. The quantitative estimate of drug-likeness (QED) is 0.756. The van der Waals surface area contributed by atoms with E-state index in [1.165, 1.54) is 0 Å². The highest BCUT2D eigenvalue weighted by Crippen LogP contribution is 2.19. The molecule has 0 bridgehead atoms. The summed E-state index contributed by atoms with van der Waals surface area (Å²) in [5.74, 6) is -0.368. The average molecular weight is 351 g/mol. The molecule has 0 aliphatic carbocycles. The van der Waals surface area contributed by atoms with Crippen molar-refractivity contribution >= 4 is 34.2 Å². The van der Waals surface area contributed by atoms with Crippen LogP contribution in [0.3, 0.4) is 0 Å². The fraction of sp³-hybridized carbons (Fsp3) is 0.182. The Bertz CT molecular complexity index is 505. The van der Waals surface area contributed by atoms with Crippen molar-refractivity contribution in [1.29, 1.82) is 0 Å². The third-order valence-electron chi connectivity index (χ3n) is 2.25. The van der Waals surface area contributed by atoms with Crippen molar-refractivity contribution in [2.75, 3.05) is 0 Å². The number of benzene rings is 1. The second-order valence-electron chi connectivity index (χ2n) is 3.51. The van der Waals surface area contributed by atoms with Crippen molar-refractivity contribution in [3.63, 3.8) is 0 Å². The van der Waals surface area contributed by atoms with Gasteiger partial charge in [-0.1, -0.05) is 23.7 Å². The molecule has 84 valence electrons. The maximum Gasteiger partial charge on any atom is 0.146 e. The maximum atomic E-state index is 13.6. The molecule has 0 aliphatic rings. The SMILES string of the molecule is Cc1cn(Cc2cccc(Cl)c2F)nc1I. The van der Waals surface area contributed by atoms with Gasteiger partial charge in [0.05, 0.1) is 11.6 Å². The largest absolute Gasteiger partial charge is 0.267 e. The molecule has 16 heavy (non-hydrogen) atoms. The van der Waals surface area contributed by atoms with Crippen LogP contribution in [0, 0.1) is 16.4 Å². The lowest BCUT2D eigenvalue weighted by Gasteiger charge is -2.04. The molecule has 1 aromatic heterocycles. The van der Waals surface area contributed by atoms with Gasteiger partial charge in [-0.15, -0.1) is 0 Å². The molecule has 0 atom stereocenters. The normalized spacial score (nSPS) is 10.8. The first-order valence-corrected chi connectivity index (χ1v) is 6.16. The molecular formula is C11H9ClFIN2. The molecule has 0 saturated carbocycles. The van der Waals surface area contributed by atoms with Gasteiger partial charge in [0, 0.05) is 17.3 Å². The van der Waals surface area contributed by atoms with Gasteiger partial charge in [-0.25, -0.2) is 4.39 Å². The Morgan fingerprint density at radius 2 is 2.25 bits per heavy atom. The van der Waals surface area contributed by atoms with Gasteiger partial charge in [-0.05, 0) is 35.6 Å². The van der Waals surface area contributed by atoms with E-state index in [4.69, 9.17) is 11.6 Å². The van der Waals surface area contributed by atoms with Gasteiger partial charge >= 0.3 is 0 Å². The minimum atomic E-state index is -0.368. The van der Waals surface area contributed by atoms with Gasteiger partial charge in [0.1, 0.15) is 9.52 Å². The van der Waals surface area contributed by atoms with E-state index < -0.39 is 0 Å². The van der Waals surface area contributed by atoms with Gasteiger partial charge in [-0.2, -0.15) is 5.10 Å². The molecule has 5 heteroatoms. The first-order chi connectivity index (χ1) is 7.58. The summed E-state index contributed by atoms with van der Waals surface area (Å²) in [5, 5.41) is 4.42. The van der Waals surface area contributed by atoms with Gasteiger partial charge in [0.2, 0.25) is 0 Å². The van der Waals surface area contributed by atoms with Crippen LogP contribution in [0.15, 0.2) is 24.4 Å². The zero-order chi connectivity index (χ0) is 11.7. The first-order valence-electron chi connectivity index (χ1n) is 4.70. The van der Waals surface area contributed by atoms with E-state index in [9.17, 15) is 4.39 Å². The van der Waals surface area contributed by atoms with Gasteiger partial charge in [-0.3, -0.25) is 4.68 Å². The summed E-state index contributed by atoms with van der Waals surface area (Å²) < 4.78 is 16.3. The van der Waals surface area contributed by atoms with Crippen molar-refractivity contribution in [1.82, 2.24) is 9.78 Å². The Kier molecular flexibility index (Phi) is 3.49. The van der Waals surface area contributed by atoms with Gasteiger partial charge in [0.25, 0.3) is 0 Å². The molecule has 0 radical (unpaired) electrons. The predicted molar refractivity (Wildman–Crippen MR) is 70.2 cm³/mol. The second kappa shape index (κ2) is 4.71. The Morgan fingerprint density at radius 1 is 1.50 bits per heavy atom. The monoisotopic (exact) mass is 350 g/mol. The fourth-order valence-electron chi connectivity index (χ4n) is 1.42. The Hall–Kier alpha value is -0.620. The molecule has 0 amide bonds. The zero-order valence-corrected chi connectivity index (χ0v) is 11.5. The van der Waals surface area contributed by atoms with Crippen LogP contribution in [0.25, 0.3) is 0 Å². The van der Waals surface area contributed by atoms with Crippen LogP contribution in [0.4, 0.5) is 4.39 Å². The molecule has 2 aromatic rings. The van der Waals surface area contributed by atoms with Crippen LogP contribution >= 0.6 is 34.2 Å². The number of hydrogen-bond acceptors (Lipinski definition) is 1. The molecule has 1 heterocycles. The highest BCUT2D eigenvalue weighted by molar-refractivity contribution is 14.1. The lowest BCUT2D eigenvalue weighted by atomic mass is 10.2. The van der Waals surface area contributed by atoms with Crippen LogP contribution in [0.5, 0.6) is 0 Å². The third kappa shape index (κ3) is 2.38. The predicted octanol–water partition coefficient (Wildman–Crippen LogP) is 3.64. The van der Waals surface area contributed by atoms with E-state index in [0.29, 0.717) is 12.1 Å². The summed E-state index contributed by atoms with van der Waals surface area (Å²) in [7, 11) is 0. The summed E-state index contributed by atoms with van der Waals surface area (Å²) in [4.78, 5) is 0. The topological polar surface area (TPSA) is 17.8 Å². The smallest absolute Gasteiger partial charge is 0.146 e. The highest BCUT2D eigenvalue weighted by Gasteiger charge is 2.08. The van der Waals surface area contributed by atoms with Crippen molar-refractivity contribution in [2.24, 2.45) is 0 Å². The number of nitrogens with zero attached hydrogens (tertiary/aromatic N) is 2. The minimum Gasteiger partial charge on any atom is -0.267 e. The van der Waals surface area contributed by atoms with E-state index in [1.54, 1.807) is 22.9 Å². The van der Waals surface area contributed by atoms with E-state index in [0.717, 1.165) is 9.26 Å². The van der Waals surface area contributed by atoms with Crippen LogP contribution in [-0.2, 0) is 6.54 Å². The second-order valence-corrected chi connectivity index (χ2v) is 4.94. The van der Waals surface area contributed by atoms with Crippen LogP contribution < -0.4 is 0 Å². The van der Waals surface area contributed by atoms with Crippen molar-refractivity contribution in [3.05, 3.63) is 50.1 Å². The molecule has 0 spiro atoms. The fourth-order valence-corrected chi connectivity index (χ4v) is 2.03. The summed E-state index contributed by atoms with van der Waals surface area (Å²) in [6.07, 6.45) is 1.89. The van der Waals surface area contributed by atoms with Gasteiger partial charge in [0.15, 0.2) is 0 Å². The molecule has 0 aliphatic heterocycles. The Morgan fingerprint density at radius 3 is 2.88 bits per heavy atom. The molecule has 0 fully saturated rings. The van der Waals surface area contributed by atoms with E-state index in [-0.39, 0.29) is 10.8 Å². The Labute approximate surface area is 112 Å². The average Bonchev–Trinajstić information content (AvgIpc) is 2.54. The maximum absolute atomic E-state index is 13.6. The van der Waals surface area contributed by atoms with Crippen LogP contribution in [0.2, 0.25) is 5.02 Å². The van der Waals surface area contributed by atoms with Crippen molar-refractivity contribution < 1.29 is 4.39 Å². The number of hydrogen-bond donors (Lipinski definition) is 0. The zero-order valence-electron chi connectivity index (χ0n) is 8.54. The lowest BCUT2D eigenvalue weighted by Crippen LogP contribution is -2.02. The molecule has 0 N–H and O–H groups in total. The molecule has 2 nitrogen and oxygen atoms in total. The van der Waals surface area contributed by atoms with Crippen LogP contribution in [0.1, 0.15) is 11.1 Å². The molecule has 0 unspecified atom stereocenters. The van der Waals surface area contributed by atoms with Crippen LogP contribution in [-0.4, -0.2) is 9.78 Å². The standard InChI is InChI=1S/C11H9ClFIN2/c1-7-5-16(15-11(7)14)6-8-3-2-4-9(12)10(8)13/h2-5H,6H2,1H3. The molecular weight excluding hydrogens is 341 g/mol. The highest BCUT2D eigenvalue weighted by atomic mass is 127. The van der Waals surface area contributed by atoms with Crippen molar-refractivity contribution in [2.45, 2.75) is 13.5 Å².